The van der Waals surface area contributed by atoms with Gasteiger partial charge in [0.2, 0.25) is 17.7 Å². The lowest BCUT2D eigenvalue weighted by atomic mass is 10.0. The van der Waals surface area contributed by atoms with Crippen molar-refractivity contribution in [2.45, 2.75) is 83.0 Å². The SMILES string of the molecule is CSCCC(NC(=O)C1CCCN1)C(=O)NC(CC(C)C)C(=O)NC(CCCCN)C(=O)O. The fourth-order valence-electron chi connectivity index (χ4n) is 3.68. The molecule has 10 nitrogen and oxygen atoms in total. The maximum atomic E-state index is 13.1. The van der Waals surface area contributed by atoms with E-state index in [0.717, 1.165) is 19.4 Å². The summed E-state index contributed by atoms with van der Waals surface area (Å²) in [5, 5.41) is 20.7. The first-order chi connectivity index (χ1) is 15.7. The van der Waals surface area contributed by atoms with Crippen LogP contribution < -0.4 is 27.0 Å². The average Bonchev–Trinajstić information content (AvgIpc) is 3.30. The fourth-order valence-corrected chi connectivity index (χ4v) is 4.15. The molecule has 1 saturated heterocycles. The molecule has 4 unspecified atom stereocenters. The number of carboxylic acids is 1. The van der Waals surface area contributed by atoms with Crippen LogP contribution in [0.2, 0.25) is 0 Å². The molecule has 1 fully saturated rings. The molecule has 0 spiro atoms. The lowest BCUT2D eigenvalue weighted by Crippen LogP contribution is -2.57. The van der Waals surface area contributed by atoms with E-state index in [4.69, 9.17) is 5.73 Å². The summed E-state index contributed by atoms with van der Waals surface area (Å²) in [5.41, 5.74) is 5.47. The van der Waals surface area contributed by atoms with Gasteiger partial charge in [-0.3, -0.25) is 14.4 Å². The van der Waals surface area contributed by atoms with Crippen molar-refractivity contribution in [3.63, 3.8) is 0 Å². The minimum absolute atomic E-state index is 0.0866. The van der Waals surface area contributed by atoms with Crippen molar-refractivity contribution in [3.05, 3.63) is 0 Å². The smallest absolute Gasteiger partial charge is 0.326 e. The number of hydrogen-bond acceptors (Lipinski definition) is 7. The molecule has 7 N–H and O–H groups in total. The summed E-state index contributed by atoms with van der Waals surface area (Å²) in [6.45, 7) is 5.06. The third-order valence-corrected chi connectivity index (χ3v) is 6.17. The maximum absolute atomic E-state index is 13.1. The highest BCUT2D eigenvalue weighted by Crippen LogP contribution is 2.10. The van der Waals surface area contributed by atoms with E-state index in [1.165, 1.54) is 0 Å². The van der Waals surface area contributed by atoms with Gasteiger partial charge in [0.1, 0.15) is 18.1 Å². The Labute approximate surface area is 200 Å². The molecule has 1 rings (SSSR count). The monoisotopic (exact) mass is 487 g/mol. The summed E-state index contributed by atoms with van der Waals surface area (Å²) in [6, 6.07) is -3.02. The molecule has 1 aliphatic heterocycles. The van der Waals surface area contributed by atoms with Crippen molar-refractivity contribution in [1.29, 1.82) is 0 Å². The van der Waals surface area contributed by atoms with Crippen LogP contribution in [0.25, 0.3) is 0 Å². The summed E-state index contributed by atoms with van der Waals surface area (Å²) in [4.78, 5) is 50.1. The van der Waals surface area contributed by atoms with Crippen LogP contribution in [0.15, 0.2) is 0 Å². The summed E-state index contributed by atoms with van der Waals surface area (Å²) in [6.07, 6.45) is 5.83. The largest absolute Gasteiger partial charge is 0.480 e. The fraction of sp³-hybridized carbons (Fsp3) is 0.818. The van der Waals surface area contributed by atoms with Gasteiger partial charge in [0.25, 0.3) is 0 Å². The molecule has 1 aliphatic rings. The number of amides is 3. The van der Waals surface area contributed by atoms with Crippen molar-refractivity contribution >= 4 is 35.5 Å². The first-order valence-corrected chi connectivity index (χ1v) is 13.1. The molecule has 11 heteroatoms. The molecule has 1 heterocycles. The van der Waals surface area contributed by atoms with Gasteiger partial charge in [-0.15, -0.1) is 0 Å². The summed E-state index contributed by atoms with van der Waals surface area (Å²) >= 11 is 1.56. The van der Waals surface area contributed by atoms with Gasteiger partial charge in [-0.05, 0) is 76.0 Å². The van der Waals surface area contributed by atoms with Gasteiger partial charge in [0.05, 0.1) is 6.04 Å². The van der Waals surface area contributed by atoms with E-state index in [9.17, 15) is 24.3 Å². The number of carbonyl (C=O) groups excluding carboxylic acids is 3. The van der Waals surface area contributed by atoms with Crippen molar-refractivity contribution in [2.24, 2.45) is 11.7 Å². The Morgan fingerprint density at radius 2 is 1.70 bits per heavy atom. The van der Waals surface area contributed by atoms with Crippen LogP contribution in [-0.4, -0.2) is 78.1 Å². The van der Waals surface area contributed by atoms with Crippen LogP contribution in [-0.2, 0) is 19.2 Å². The summed E-state index contributed by atoms with van der Waals surface area (Å²) in [5.74, 6) is -1.56. The zero-order chi connectivity index (χ0) is 24.8. The first kappa shape index (κ1) is 29.2. The molecule has 0 aromatic heterocycles. The van der Waals surface area contributed by atoms with Gasteiger partial charge in [-0.25, -0.2) is 4.79 Å². The minimum Gasteiger partial charge on any atom is -0.480 e. The van der Waals surface area contributed by atoms with Crippen molar-refractivity contribution in [1.82, 2.24) is 21.3 Å². The van der Waals surface area contributed by atoms with Gasteiger partial charge in [-0.1, -0.05) is 13.8 Å². The van der Waals surface area contributed by atoms with Gasteiger partial charge in [-0.2, -0.15) is 11.8 Å². The molecule has 0 aromatic rings. The topological polar surface area (TPSA) is 163 Å². The molecule has 3 amide bonds. The number of hydrogen-bond donors (Lipinski definition) is 6. The number of rotatable bonds is 16. The molecule has 0 aromatic carbocycles. The van der Waals surface area contributed by atoms with E-state index in [2.05, 4.69) is 21.3 Å². The highest BCUT2D eigenvalue weighted by atomic mass is 32.2. The lowest BCUT2D eigenvalue weighted by Gasteiger charge is -2.26. The van der Waals surface area contributed by atoms with E-state index >= 15 is 0 Å². The third-order valence-electron chi connectivity index (χ3n) is 5.52. The maximum Gasteiger partial charge on any atom is 0.326 e. The molecule has 4 atom stereocenters. The summed E-state index contributed by atoms with van der Waals surface area (Å²) in [7, 11) is 0. The van der Waals surface area contributed by atoms with Crippen LogP contribution in [0, 0.1) is 5.92 Å². The number of carbonyl (C=O) groups is 4. The van der Waals surface area contributed by atoms with Crippen LogP contribution in [0.1, 0.15) is 58.8 Å². The van der Waals surface area contributed by atoms with Gasteiger partial charge >= 0.3 is 5.97 Å². The number of unbranched alkanes of at least 4 members (excludes halogenated alkanes) is 1. The molecular weight excluding hydrogens is 446 g/mol. The second-order valence-corrected chi connectivity index (χ2v) is 9.85. The number of nitrogens with one attached hydrogen (secondary N) is 4. The molecule has 0 saturated carbocycles. The Bertz CT molecular complexity index is 643. The van der Waals surface area contributed by atoms with Crippen LogP contribution in [0.5, 0.6) is 0 Å². The predicted molar refractivity (Wildman–Crippen MR) is 130 cm³/mol. The number of nitrogens with two attached hydrogens (primary N) is 1. The van der Waals surface area contributed by atoms with Crippen molar-refractivity contribution in [3.8, 4) is 0 Å². The predicted octanol–water partition coefficient (Wildman–Crippen LogP) is 0.206. The molecule has 0 bridgehead atoms. The lowest BCUT2D eigenvalue weighted by molar-refractivity contribution is -0.142. The minimum atomic E-state index is -1.12. The quantitative estimate of drug-likeness (QED) is 0.168. The molecule has 0 radical (unpaired) electrons. The van der Waals surface area contributed by atoms with Gasteiger partial charge in [0, 0.05) is 0 Å². The Morgan fingerprint density at radius 1 is 1.03 bits per heavy atom. The zero-order valence-electron chi connectivity index (χ0n) is 20.0. The molecular formula is C22H41N5O5S. The van der Waals surface area contributed by atoms with Crippen molar-refractivity contribution in [2.75, 3.05) is 25.1 Å². The number of thioether (sulfide) groups is 1. The number of aliphatic carboxylic acids is 1. The Morgan fingerprint density at radius 3 is 2.24 bits per heavy atom. The second kappa shape index (κ2) is 15.9. The highest BCUT2D eigenvalue weighted by molar-refractivity contribution is 7.98. The Kier molecular flexibility index (Phi) is 14.1. The summed E-state index contributed by atoms with van der Waals surface area (Å²) < 4.78 is 0. The van der Waals surface area contributed by atoms with Crippen LogP contribution in [0.4, 0.5) is 0 Å². The van der Waals surface area contributed by atoms with E-state index in [1.807, 2.05) is 20.1 Å². The van der Waals surface area contributed by atoms with Crippen LogP contribution >= 0.6 is 11.8 Å². The van der Waals surface area contributed by atoms with E-state index < -0.39 is 35.9 Å². The number of carboxylic acid groups (broad SMARTS) is 1. The first-order valence-electron chi connectivity index (χ1n) is 11.8. The van der Waals surface area contributed by atoms with E-state index in [0.29, 0.717) is 38.0 Å². The van der Waals surface area contributed by atoms with Crippen molar-refractivity contribution < 1.29 is 24.3 Å². The standard InChI is InChI=1S/C22H41N5O5S/c1-14(2)13-18(21(30)26-17(22(31)32)7-4-5-10-23)27-20(29)16(9-12-33-3)25-19(28)15-8-6-11-24-15/h14-18,24H,4-13,23H2,1-3H3,(H,25,28)(H,26,30)(H,27,29)(H,31,32). The normalized spacial score (nSPS) is 18.4. The average molecular weight is 488 g/mol. The van der Waals surface area contributed by atoms with E-state index in [1.54, 1.807) is 11.8 Å². The highest BCUT2D eigenvalue weighted by Gasteiger charge is 2.31. The zero-order valence-corrected chi connectivity index (χ0v) is 20.8. The third kappa shape index (κ3) is 11.2. The molecule has 190 valence electrons. The van der Waals surface area contributed by atoms with E-state index in [-0.39, 0.29) is 24.3 Å². The Balaban J connectivity index is 2.85. The molecule has 33 heavy (non-hydrogen) atoms. The van der Waals surface area contributed by atoms with Crippen LogP contribution in [0.3, 0.4) is 0 Å². The molecule has 0 aliphatic carbocycles. The Hall–Kier alpha value is -1.85. The second-order valence-electron chi connectivity index (χ2n) is 8.87. The van der Waals surface area contributed by atoms with Gasteiger partial charge < -0.3 is 32.1 Å². The van der Waals surface area contributed by atoms with Gasteiger partial charge in [0.15, 0.2) is 0 Å².